The minimum Gasteiger partial charge on any atom is -0.338 e. The molecule has 0 bridgehead atoms. The Bertz CT molecular complexity index is 752. The third kappa shape index (κ3) is 6.08. The van der Waals surface area contributed by atoms with E-state index in [1.165, 1.54) is 0 Å². The summed E-state index contributed by atoms with van der Waals surface area (Å²) in [6.07, 6.45) is 8.70. The highest BCUT2D eigenvalue weighted by Gasteiger charge is 2.26. The van der Waals surface area contributed by atoms with Crippen molar-refractivity contribution in [3.8, 4) is 0 Å². The molecule has 2 aromatic rings. The highest BCUT2D eigenvalue weighted by atomic mass is 16.2. The first kappa shape index (κ1) is 19.9. The van der Waals surface area contributed by atoms with Crippen molar-refractivity contribution in [1.82, 2.24) is 15.2 Å². The molecule has 0 aliphatic carbocycles. The molecule has 0 radical (unpaired) electrons. The first-order valence-electron chi connectivity index (χ1n) is 10.0. The fourth-order valence-corrected chi connectivity index (χ4v) is 3.56. The van der Waals surface area contributed by atoms with Crippen molar-refractivity contribution >= 4 is 17.6 Å². The quantitative estimate of drug-likeness (QED) is 0.682. The van der Waals surface area contributed by atoms with Crippen molar-refractivity contribution < 1.29 is 9.59 Å². The molecule has 1 atom stereocenters. The number of benzene rings is 1. The van der Waals surface area contributed by atoms with Crippen LogP contribution in [0.1, 0.15) is 42.5 Å². The van der Waals surface area contributed by atoms with E-state index in [1.54, 1.807) is 24.5 Å². The number of rotatable bonds is 8. The second-order valence-electron chi connectivity index (χ2n) is 7.24. The number of amides is 3. The van der Waals surface area contributed by atoms with Crippen LogP contribution < -0.4 is 10.6 Å². The number of hydrogen-bond acceptors (Lipinski definition) is 3. The molecule has 1 aromatic heterocycles. The van der Waals surface area contributed by atoms with Gasteiger partial charge in [0.15, 0.2) is 0 Å². The fourth-order valence-electron chi connectivity index (χ4n) is 3.56. The lowest BCUT2D eigenvalue weighted by Gasteiger charge is -2.16. The lowest BCUT2D eigenvalue weighted by Crippen LogP contribution is -2.29. The Hall–Kier alpha value is -2.89. The zero-order chi connectivity index (χ0) is 19.6. The van der Waals surface area contributed by atoms with Crippen LogP contribution in [-0.2, 0) is 0 Å². The van der Waals surface area contributed by atoms with Crippen molar-refractivity contribution in [3.05, 3.63) is 60.4 Å². The molecule has 28 heavy (non-hydrogen) atoms. The van der Waals surface area contributed by atoms with E-state index in [4.69, 9.17) is 0 Å². The summed E-state index contributed by atoms with van der Waals surface area (Å²) in [6, 6.07) is 12.8. The zero-order valence-corrected chi connectivity index (χ0v) is 16.1. The minimum absolute atomic E-state index is 0.146. The molecule has 3 amide bonds. The fraction of sp³-hybridized carbons (Fsp3) is 0.409. The predicted octanol–water partition coefficient (Wildman–Crippen LogP) is 3.93. The molecule has 1 aliphatic heterocycles. The summed E-state index contributed by atoms with van der Waals surface area (Å²) in [5.41, 5.74) is 1.52. The van der Waals surface area contributed by atoms with Gasteiger partial charge in [-0.25, -0.2) is 4.79 Å². The summed E-state index contributed by atoms with van der Waals surface area (Å²) in [5.74, 6) is 0.739. The van der Waals surface area contributed by atoms with Gasteiger partial charge in [0.1, 0.15) is 0 Å². The zero-order valence-electron chi connectivity index (χ0n) is 16.1. The van der Waals surface area contributed by atoms with Crippen LogP contribution in [0, 0.1) is 5.92 Å². The minimum atomic E-state index is -0.183. The van der Waals surface area contributed by atoms with Crippen LogP contribution in [-0.4, -0.2) is 41.5 Å². The molecule has 1 fully saturated rings. The first-order chi connectivity index (χ1) is 13.7. The van der Waals surface area contributed by atoms with E-state index in [9.17, 15) is 9.59 Å². The lowest BCUT2D eigenvalue weighted by atomic mass is 10.0. The van der Waals surface area contributed by atoms with E-state index in [0.29, 0.717) is 12.5 Å². The number of urea groups is 1. The van der Waals surface area contributed by atoms with Crippen LogP contribution in [0.3, 0.4) is 0 Å². The van der Waals surface area contributed by atoms with Gasteiger partial charge in [-0.15, -0.1) is 0 Å². The topological polar surface area (TPSA) is 74.3 Å². The van der Waals surface area contributed by atoms with Crippen molar-refractivity contribution in [3.63, 3.8) is 0 Å². The lowest BCUT2D eigenvalue weighted by molar-refractivity contribution is 0.0786. The van der Waals surface area contributed by atoms with Gasteiger partial charge in [-0.05, 0) is 49.4 Å². The monoisotopic (exact) mass is 380 g/mol. The number of anilines is 1. The van der Waals surface area contributed by atoms with E-state index < -0.39 is 0 Å². The highest BCUT2D eigenvalue weighted by molar-refractivity contribution is 5.94. The number of carbonyl (C=O) groups is 2. The normalized spacial score (nSPS) is 16.0. The largest absolute Gasteiger partial charge is 0.338 e. The number of nitrogens with zero attached hydrogens (tertiary/aromatic N) is 2. The second-order valence-corrected chi connectivity index (χ2v) is 7.24. The van der Waals surface area contributed by atoms with Gasteiger partial charge in [0.2, 0.25) is 0 Å². The van der Waals surface area contributed by atoms with Crippen molar-refractivity contribution in [2.75, 3.05) is 25.0 Å². The summed E-state index contributed by atoms with van der Waals surface area (Å²) in [4.78, 5) is 30.2. The summed E-state index contributed by atoms with van der Waals surface area (Å²) in [5, 5.41) is 5.66. The van der Waals surface area contributed by atoms with Gasteiger partial charge >= 0.3 is 6.03 Å². The molecule has 6 nitrogen and oxygen atoms in total. The van der Waals surface area contributed by atoms with E-state index in [1.807, 2.05) is 35.2 Å². The number of unbranched alkanes of at least 4 members (excludes halogenated alkanes) is 2. The van der Waals surface area contributed by atoms with Crippen molar-refractivity contribution in [2.24, 2.45) is 5.92 Å². The molecule has 148 valence electrons. The van der Waals surface area contributed by atoms with Crippen LogP contribution in [0.15, 0.2) is 54.9 Å². The molecule has 0 saturated carbocycles. The van der Waals surface area contributed by atoms with Gasteiger partial charge in [-0.1, -0.05) is 31.0 Å². The summed E-state index contributed by atoms with van der Waals surface area (Å²) < 4.78 is 0. The summed E-state index contributed by atoms with van der Waals surface area (Å²) in [6.45, 7) is 2.38. The van der Waals surface area contributed by atoms with Gasteiger partial charge in [0, 0.05) is 43.3 Å². The van der Waals surface area contributed by atoms with Crippen LogP contribution in [0.2, 0.25) is 0 Å². The average Bonchev–Trinajstić information content (AvgIpc) is 3.20. The Morgan fingerprint density at radius 1 is 1.04 bits per heavy atom. The Kier molecular flexibility index (Phi) is 7.41. The predicted molar refractivity (Wildman–Crippen MR) is 110 cm³/mol. The van der Waals surface area contributed by atoms with Crippen molar-refractivity contribution in [1.29, 1.82) is 0 Å². The molecule has 1 saturated heterocycles. The second kappa shape index (κ2) is 10.4. The van der Waals surface area contributed by atoms with Crippen LogP contribution in [0.4, 0.5) is 10.5 Å². The Balaban J connectivity index is 1.25. The van der Waals surface area contributed by atoms with Crippen LogP contribution in [0.5, 0.6) is 0 Å². The third-order valence-corrected chi connectivity index (χ3v) is 5.11. The molecule has 2 N–H and O–H groups in total. The Labute approximate surface area is 166 Å². The SMILES string of the molecule is O=C(NCCCCC[C@@H]1CCN(C(=O)c2ccccc2)C1)Nc1ccncc1. The molecule has 3 rings (SSSR count). The van der Waals surface area contributed by atoms with E-state index in [2.05, 4.69) is 15.6 Å². The maximum Gasteiger partial charge on any atom is 0.319 e. The molecule has 1 aliphatic rings. The summed E-state index contributed by atoms with van der Waals surface area (Å²) in [7, 11) is 0. The molecule has 0 unspecified atom stereocenters. The number of carbonyl (C=O) groups excluding carboxylic acids is 2. The number of likely N-dealkylation sites (tertiary alicyclic amines) is 1. The molecule has 0 spiro atoms. The first-order valence-corrected chi connectivity index (χ1v) is 10.0. The van der Waals surface area contributed by atoms with Gasteiger partial charge < -0.3 is 15.5 Å². The average molecular weight is 380 g/mol. The van der Waals surface area contributed by atoms with Crippen LogP contribution in [0.25, 0.3) is 0 Å². The standard InChI is InChI=1S/C22H28N4O2/c27-21(19-8-4-1-5-9-19)26-16-12-18(17-26)7-3-2-6-13-24-22(28)25-20-10-14-23-15-11-20/h1,4-5,8-11,14-15,18H,2-3,6-7,12-13,16-17H2,(H2,23,24,25,28)/t18-/m1/s1. The van der Waals surface area contributed by atoms with Gasteiger partial charge in [0.25, 0.3) is 5.91 Å². The van der Waals surface area contributed by atoms with Crippen molar-refractivity contribution in [2.45, 2.75) is 32.1 Å². The number of nitrogens with one attached hydrogen (secondary N) is 2. The van der Waals surface area contributed by atoms with E-state index in [-0.39, 0.29) is 11.9 Å². The van der Waals surface area contributed by atoms with Gasteiger partial charge in [0.05, 0.1) is 0 Å². The molecule has 2 heterocycles. The molecular weight excluding hydrogens is 352 g/mol. The Morgan fingerprint density at radius 3 is 2.61 bits per heavy atom. The summed E-state index contributed by atoms with van der Waals surface area (Å²) >= 11 is 0. The van der Waals surface area contributed by atoms with Crippen LogP contribution >= 0.6 is 0 Å². The molecule has 1 aromatic carbocycles. The van der Waals surface area contributed by atoms with Gasteiger partial charge in [-0.3, -0.25) is 9.78 Å². The molecule has 6 heteroatoms. The number of aromatic nitrogens is 1. The highest BCUT2D eigenvalue weighted by Crippen LogP contribution is 2.23. The maximum absolute atomic E-state index is 12.5. The van der Waals surface area contributed by atoms with Gasteiger partial charge in [-0.2, -0.15) is 0 Å². The van der Waals surface area contributed by atoms with E-state index >= 15 is 0 Å². The smallest absolute Gasteiger partial charge is 0.319 e. The number of hydrogen-bond donors (Lipinski definition) is 2. The third-order valence-electron chi connectivity index (χ3n) is 5.11. The molecular formula is C22H28N4O2. The maximum atomic E-state index is 12.5. The Morgan fingerprint density at radius 2 is 1.82 bits per heavy atom. The van der Waals surface area contributed by atoms with E-state index in [0.717, 1.165) is 56.4 Å². The number of pyridine rings is 1.